The van der Waals surface area contributed by atoms with Gasteiger partial charge in [-0.1, -0.05) is 32.4 Å². The fourth-order valence-corrected chi connectivity index (χ4v) is 3.12. The fourth-order valence-electron chi connectivity index (χ4n) is 1.96. The normalized spacial score (nSPS) is 14.2. The molecule has 0 aliphatic heterocycles. The molecule has 0 amide bonds. The minimum atomic E-state index is 0.208. The zero-order valence-corrected chi connectivity index (χ0v) is 11.5. The van der Waals surface area contributed by atoms with Crippen LogP contribution in [0.25, 0.3) is 0 Å². The maximum Gasteiger partial charge on any atom is 0.0931 e. The first kappa shape index (κ1) is 13.0. The van der Waals surface area contributed by atoms with E-state index in [-0.39, 0.29) is 5.41 Å². The van der Waals surface area contributed by atoms with Crippen LogP contribution in [0.4, 0.5) is 0 Å². The molecule has 0 bridgehead atoms. The lowest BCUT2D eigenvalue weighted by molar-refractivity contribution is 0.400. The molecule has 1 heterocycles. The van der Waals surface area contributed by atoms with Crippen molar-refractivity contribution in [2.45, 2.75) is 45.6 Å². The Labute approximate surface area is 102 Å². The van der Waals surface area contributed by atoms with Crippen LogP contribution < -0.4 is 5.32 Å². The highest BCUT2D eigenvalue weighted by Gasteiger charge is 2.24. The molecule has 0 saturated carbocycles. The minimum absolute atomic E-state index is 0.208. The zero-order valence-electron chi connectivity index (χ0n) is 9.93. The van der Waals surface area contributed by atoms with E-state index in [1.54, 1.807) is 11.3 Å². The summed E-state index contributed by atoms with van der Waals surface area (Å²) in [4.78, 5) is 1.37. The van der Waals surface area contributed by atoms with E-state index in [4.69, 9.17) is 11.6 Å². The summed E-state index contributed by atoms with van der Waals surface area (Å²) in [6.45, 7) is 9.97. The Morgan fingerprint density at radius 1 is 1.47 bits per heavy atom. The lowest BCUT2D eigenvalue weighted by atomic mass is 9.84. The maximum atomic E-state index is 5.97. The number of hydrogen-bond donors (Lipinski definition) is 1. The summed E-state index contributed by atoms with van der Waals surface area (Å²) in [6, 6.07) is 4.68. The van der Waals surface area contributed by atoms with Crippen LogP contribution in [0.3, 0.4) is 0 Å². The Morgan fingerprint density at radius 3 is 2.60 bits per heavy atom. The molecule has 1 N–H and O–H groups in total. The van der Waals surface area contributed by atoms with Gasteiger partial charge in [0.25, 0.3) is 0 Å². The molecular formula is C12H20ClNS. The number of rotatable bonds is 5. The van der Waals surface area contributed by atoms with E-state index >= 15 is 0 Å². The van der Waals surface area contributed by atoms with E-state index in [1.165, 1.54) is 4.88 Å². The highest BCUT2D eigenvalue weighted by molar-refractivity contribution is 7.16. The summed E-state index contributed by atoms with van der Waals surface area (Å²) in [5.74, 6) is 0. The highest BCUT2D eigenvalue weighted by atomic mass is 35.5. The molecule has 1 aromatic heterocycles. The second-order valence-corrected chi connectivity index (χ2v) is 6.37. The molecule has 1 atom stereocenters. The SMILES string of the molecule is CCNC(C)CC(C)(C)c1ccc(Cl)s1. The first-order valence-corrected chi connectivity index (χ1v) is 6.64. The summed E-state index contributed by atoms with van der Waals surface area (Å²) >= 11 is 7.66. The van der Waals surface area contributed by atoms with Gasteiger partial charge in [0, 0.05) is 16.3 Å². The van der Waals surface area contributed by atoms with Crippen LogP contribution in [-0.2, 0) is 5.41 Å². The largest absolute Gasteiger partial charge is 0.314 e. The van der Waals surface area contributed by atoms with Crippen molar-refractivity contribution in [2.75, 3.05) is 6.54 Å². The van der Waals surface area contributed by atoms with Gasteiger partial charge < -0.3 is 5.32 Å². The van der Waals surface area contributed by atoms with Crippen LogP contribution in [0, 0.1) is 0 Å². The van der Waals surface area contributed by atoms with E-state index < -0.39 is 0 Å². The van der Waals surface area contributed by atoms with Crippen molar-refractivity contribution in [3.63, 3.8) is 0 Å². The van der Waals surface area contributed by atoms with Gasteiger partial charge in [-0.05, 0) is 32.0 Å². The average Bonchev–Trinajstić information content (AvgIpc) is 2.51. The molecule has 15 heavy (non-hydrogen) atoms. The van der Waals surface area contributed by atoms with E-state index in [1.807, 2.05) is 6.07 Å². The molecule has 0 aliphatic rings. The van der Waals surface area contributed by atoms with Crippen molar-refractivity contribution in [3.05, 3.63) is 21.3 Å². The quantitative estimate of drug-likeness (QED) is 0.825. The smallest absolute Gasteiger partial charge is 0.0931 e. The minimum Gasteiger partial charge on any atom is -0.314 e. The van der Waals surface area contributed by atoms with E-state index in [9.17, 15) is 0 Å². The number of hydrogen-bond acceptors (Lipinski definition) is 2. The van der Waals surface area contributed by atoms with Crippen LogP contribution in [0.5, 0.6) is 0 Å². The molecule has 3 heteroatoms. The molecule has 1 rings (SSSR count). The fraction of sp³-hybridized carbons (Fsp3) is 0.667. The van der Waals surface area contributed by atoms with Crippen LogP contribution >= 0.6 is 22.9 Å². The monoisotopic (exact) mass is 245 g/mol. The number of thiophene rings is 1. The van der Waals surface area contributed by atoms with Gasteiger partial charge >= 0.3 is 0 Å². The van der Waals surface area contributed by atoms with E-state index in [0.29, 0.717) is 6.04 Å². The predicted octanol–water partition coefficient (Wildman–Crippen LogP) is 4.07. The van der Waals surface area contributed by atoms with Crippen LogP contribution in [0.2, 0.25) is 4.34 Å². The van der Waals surface area contributed by atoms with Crippen LogP contribution in [-0.4, -0.2) is 12.6 Å². The molecule has 86 valence electrons. The van der Waals surface area contributed by atoms with Gasteiger partial charge in [-0.3, -0.25) is 0 Å². The Kier molecular flexibility index (Phi) is 4.63. The summed E-state index contributed by atoms with van der Waals surface area (Å²) in [7, 11) is 0. The number of nitrogens with one attached hydrogen (secondary N) is 1. The molecule has 0 aromatic carbocycles. The Hall–Kier alpha value is -0.0500. The van der Waals surface area contributed by atoms with Crippen LogP contribution in [0.1, 0.15) is 39.0 Å². The third kappa shape index (κ3) is 3.78. The molecule has 0 saturated heterocycles. The summed E-state index contributed by atoms with van der Waals surface area (Å²) in [5, 5.41) is 3.45. The molecule has 0 aliphatic carbocycles. The van der Waals surface area contributed by atoms with Crippen molar-refractivity contribution < 1.29 is 0 Å². The second-order valence-electron chi connectivity index (χ2n) is 4.65. The van der Waals surface area contributed by atoms with Gasteiger partial charge in [0.1, 0.15) is 0 Å². The highest BCUT2D eigenvalue weighted by Crippen LogP contribution is 2.35. The zero-order chi connectivity index (χ0) is 11.5. The standard InChI is InChI=1S/C12H20ClNS/c1-5-14-9(2)8-12(3,4)10-6-7-11(13)15-10/h6-7,9,14H,5,8H2,1-4H3. The topological polar surface area (TPSA) is 12.0 Å². The van der Waals surface area contributed by atoms with E-state index in [2.05, 4.69) is 39.1 Å². The first-order valence-electron chi connectivity index (χ1n) is 5.45. The molecule has 0 radical (unpaired) electrons. The predicted molar refractivity (Wildman–Crippen MR) is 70.1 cm³/mol. The Balaban J connectivity index is 2.66. The van der Waals surface area contributed by atoms with Gasteiger partial charge in [-0.15, -0.1) is 11.3 Å². The van der Waals surface area contributed by atoms with E-state index in [0.717, 1.165) is 17.3 Å². The molecule has 1 aromatic rings. The maximum absolute atomic E-state index is 5.97. The van der Waals surface area contributed by atoms with Gasteiger partial charge in [0.2, 0.25) is 0 Å². The third-order valence-corrected chi connectivity index (χ3v) is 4.21. The lowest BCUT2D eigenvalue weighted by Crippen LogP contribution is -2.32. The van der Waals surface area contributed by atoms with Gasteiger partial charge in [-0.25, -0.2) is 0 Å². The molecule has 0 spiro atoms. The average molecular weight is 246 g/mol. The van der Waals surface area contributed by atoms with Gasteiger partial charge in [0.05, 0.1) is 4.34 Å². The molecule has 1 nitrogen and oxygen atoms in total. The Morgan fingerprint density at radius 2 is 2.13 bits per heavy atom. The van der Waals surface area contributed by atoms with Crippen molar-refractivity contribution in [1.29, 1.82) is 0 Å². The lowest BCUT2D eigenvalue weighted by Gasteiger charge is -2.27. The van der Waals surface area contributed by atoms with Crippen molar-refractivity contribution in [2.24, 2.45) is 0 Å². The first-order chi connectivity index (χ1) is 6.95. The van der Waals surface area contributed by atoms with Gasteiger partial charge in [-0.2, -0.15) is 0 Å². The summed E-state index contributed by atoms with van der Waals surface area (Å²) in [5.41, 5.74) is 0.208. The van der Waals surface area contributed by atoms with Crippen LogP contribution in [0.15, 0.2) is 12.1 Å². The summed E-state index contributed by atoms with van der Waals surface area (Å²) < 4.78 is 0.883. The van der Waals surface area contributed by atoms with Crippen molar-refractivity contribution in [1.82, 2.24) is 5.32 Å². The van der Waals surface area contributed by atoms with Crippen molar-refractivity contribution in [3.8, 4) is 0 Å². The molecular weight excluding hydrogens is 226 g/mol. The third-order valence-electron chi connectivity index (χ3n) is 2.61. The van der Waals surface area contributed by atoms with Gasteiger partial charge in [0.15, 0.2) is 0 Å². The molecule has 1 unspecified atom stereocenters. The summed E-state index contributed by atoms with van der Waals surface area (Å²) in [6.07, 6.45) is 1.14. The Bertz CT molecular complexity index is 306. The second kappa shape index (κ2) is 5.33. The molecule has 0 fully saturated rings. The number of halogens is 1. The van der Waals surface area contributed by atoms with Crippen molar-refractivity contribution >= 4 is 22.9 Å².